The van der Waals surface area contributed by atoms with Crippen LogP contribution in [0.4, 0.5) is 14.9 Å². The van der Waals surface area contributed by atoms with Gasteiger partial charge in [0.15, 0.2) is 0 Å². The van der Waals surface area contributed by atoms with Crippen LogP contribution < -0.4 is 10.6 Å². The maximum Gasteiger partial charge on any atom is 0.335 e. The molecule has 0 radical (unpaired) electrons. The molecule has 1 fully saturated rings. The minimum absolute atomic E-state index is 0.0718. The van der Waals surface area contributed by atoms with Crippen LogP contribution in [0.25, 0.3) is 0 Å². The first kappa shape index (κ1) is 14.3. The number of carbonyl (C=O) groups excluding carboxylic acids is 1. The molecular formula is C14H17FN2O3. The average Bonchev–Trinajstić information content (AvgIpc) is 2.92. The van der Waals surface area contributed by atoms with E-state index in [0.717, 1.165) is 31.0 Å². The number of nitrogens with one attached hydrogen (secondary N) is 2. The van der Waals surface area contributed by atoms with E-state index in [4.69, 9.17) is 5.11 Å². The standard InChI is InChI=1S/C14H17FN2O3/c15-11-6-5-10(13(18)19)7-12(11)17-14(20)16-8-9-3-1-2-4-9/h5-7,9H,1-4,8H2,(H,18,19)(H2,16,17,20). The van der Waals surface area contributed by atoms with Gasteiger partial charge in [-0.25, -0.2) is 14.0 Å². The Morgan fingerprint density at radius 1 is 1.30 bits per heavy atom. The maximum atomic E-state index is 13.5. The van der Waals surface area contributed by atoms with Crippen molar-refractivity contribution >= 4 is 17.7 Å². The smallest absolute Gasteiger partial charge is 0.335 e. The van der Waals surface area contributed by atoms with Crippen molar-refractivity contribution in [3.8, 4) is 0 Å². The molecule has 1 aliphatic rings. The van der Waals surface area contributed by atoms with E-state index in [9.17, 15) is 14.0 Å². The second-order valence-electron chi connectivity index (χ2n) is 4.99. The molecule has 1 aliphatic carbocycles. The van der Waals surface area contributed by atoms with Crippen molar-refractivity contribution in [2.45, 2.75) is 25.7 Å². The molecule has 3 N–H and O–H groups in total. The van der Waals surface area contributed by atoms with Gasteiger partial charge in [-0.3, -0.25) is 0 Å². The summed E-state index contributed by atoms with van der Waals surface area (Å²) in [5.74, 6) is -1.35. The Hall–Kier alpha value is -2.11. The number of carboxylic acids is 1. The SMILES string of the molecule is O=C(NCC1CCCC1)Nc1cc(C(=O)O)ccc1F. The molecule has 6 heteroatoms. The fourth-order valence-electron chi connectivity index (χ4n) is 2.37. The molecular weight excluding hydrogens is 263 g/mol. The first-order valence-corrected chi connectivity index (χ1v) is 6.64. The van der Waals surface area contributed by atoms with Gasteiger partial charge in [0.25, 0.3) is 0 Å². The van der Waals surface area contributed by atoms with Crippen molar-refractivity contribution in [2.24, 2.45) is 5.92 Å². The first-order valence-electron chi connectivity index (χ1n) is 6.64. The van der Waals surface area contributed by atoms with E-state index in [1.165, 1.54) is 12.8 Å². The highest BCUT2D eigenvalue weighted by Gasteiger charge is 2.16. The normalized spacial score (nSPS) is 15.1. The number of carboxylic acid groups (broad SMARTS) is 1. The summed E-state index contributed by atoms with van der Waals surface area (Å²) in [5.41, 5.74) is -0.202. The Labute approximate surface area is 116 Å². The molecule has 1 aromatic carbocycles. The number of aromatic carboxylic acids is 1. The summed E-state index contributed by atoms with van der Waals surface area (Å²) in [7, 11) is 0. The minimum atomic E-state index is -1.17. The lowest BCUT2D eigenvalue weighted by Gasteiger charge is -2.12. The predicted molar refractivity (Wildman–Crippen MR) is 72.3 cm³/mol. The molecule has 0 spiro atoms. The van der Waals surface area contributed by atoms with Gasteiger partial charge in [-0.2, -0.15) is 0 Å². The van der Waals surface area contributed by atoms with Crippen LogP contribution in [0.2, 0.25) is 0 Å². The quantitative estimate of drug-likeness (QED) is 0.793. The molecule has 1 aromatic rings. The molecule has 1 saturated carbocycles. The van der Waals surface area contributed by atoms with Gasteiger partial charge >= 0.3 is 12.0 Å². The van der Waals surface area contributed by atoms with Crippen LogP contribution in [0, 0.1) is 11.7 Å². The number of anilines is 1. The molecule has 0 saturated heterocycles. The second-order valence-corrected chi connectivity index (χ2v) is 4.99. The number of hydrogen-bond acceptors (Lipinski definition) is 2. The highest BCUT2D eigenvalue weighted by Crippen LogP contribution is 2.23. The van der Waals surface area contributed by atoms with Gasteiger partial charge in [-0.1, -0.05) is 12.8 Å². The van der Waals surface area contributed by atoms with Crippen molar-refractivity contribution in [3.63, 3.8) is 0 Å². The zero-order chi connectivity index (χ0) is 14.5. The van der Waals surface area contributed by atoms with Gasteiger partial charge < -0.3 is 15.7 Å². The molecule has 5 nitrogen and oxygen atoms in total. The van der Waals surface area contributed by atoms with Crippen LogP contribution in [0.1, 0.15) is 36.0 Å². The summed E-state index contributed by atoms with van der Waals surface area (Å²) in [5, 5.41) is 13.9. The number of halogens is 1. The number of benzene rings is 1. The molecule has 20 heavy (non-hydrogen) atoms. The minimum Gasteiger partial charge on any atom is -0.478 e. The highest BCUT2D eigenvalue weighted by atomic mass is 19.1. The van der Waals surface area contributed by atoms with E-state index in [2.05, 4.69) is 10.6 Å². The van der Waals surface area contributed by atoms with E-state index in [1.54, 1.807) is 0 Å². The van der Waals surface area contributed by atoms with Crippen LogP contribution >= 0.6 is 0 Å². The third-order valence-corrected chi connectivity index (χ3v) is 3.49. The highest BCUT2D eigenvalue weighted by molar-refractivity contribution is 5.93. The lowest BCUT2D eigenvalue weighted by molar-refractivity contribution is 0.0697. The summed E-state index contributed by atoms with van der Waals surface area (Å²) in [4.78, 5) is 22.5. The molecule has 2 amide bonds. The van der Waals surface area contributed by atoms with E-state index < -0.39 is 17.8 Å². The Morgan fingerprint density at radius 2 is 2.00 bits per heavy atom. The lowest BCUT2D eigenvalue weighted by atomic mass is 10.1. The first-order chi connectivity index (χ1) is 9.56. The van der Waals surface area contributed by atoms with Gasteiger partial charge in [-0.15, -0.1) is 0 Å². The molecule has 108 valence electrons. The Kier molecular flexibility index (Phi) is 4.55. The zero-order valence-corrected chi connectivity index (χ0v) is 11.0. The van der Waals surface area contributed by atoms with Crippen molar-refractivity contribution in [2.75, 3.05) is 11.9 Å². The van der Waals surface area contributed by atoms with Gasteiger partial charge in [0, 0.05) is 6.54 Å². The summed E-state index contributed by atoms with van der Waals surface area (Å²) < 4.78 is 13.5. The number of rotatable bonds is 4. The third kappa shape index (κ3) is 3.69. The summed E-state index contributed by atoms with van der Waals surface area (Å²) in [6.07, 6.45) is 4.57. The average molecular weight is 280 g/mol. The van der Waals surface area contributed by atoms with Crippen LogP contribution in [0.5, 0.6) is 0 Å². The van der Waals surface area contributed by atoms with E-state index in [0.29, 0.717) is 12.5 Å². The van der Waals surface area contributed by atoms with Crippen molar-refractivity contribution < 1.29 is 19.1 Å². The largest absolute Gasteiger partial charge is 0.478 e. The summed E-state index contributed by atoms with van der Waals surface area (Å²) in [6.45, 7) is 0.562. The molecule has 0 aliphatic heterocycles. The molecule has 0 heterocycles. The Balaban J connectivity index is 1.92. The molecule has 0 unspecified atom stereocenters. The van der Waals surface area contributed by atoms with Crippen LogP contribution in [0.3, 0.4) is 0 Å². The number of amides is 2. The van der Waals surface area contributed by atoms with E-state index in [-0.39, 0.29) is 11.3 Å². The van der Waals surface area contributed by atoms with Gasteiger partial charge in [0.05, 0.1) is 11.3 Å². The van der Waals surface area contributed by atoms with Gasteiger partial charge in [0.1, 0.15) is 5.82 Å². The van der Waals surface area contributed by atoms with Crippen LogP contribution in [-0.2, 0) is 0 Å². The Morgan fingerprint density at radius 3 is 2.65 bits per heavy atom. The van der Waals surface area contributed by atoms with Crippen molar-refractivity contribution in [3.05, 3.63) is 29.6 Å². The summed E-state index contributed by atoms with van der Waals surface area (Å²) in [6, 6.07) is 2.76. The zero-order valence-electron chi connectivity index (χ0n) is 11.0. The van der Waals surface area contributed by atoms with Crippen molar-refractivity contribution in [1.82, 2.24) is 5.32 Å². The molecule has 0 bridgehead atoms. The van der Waals surface area contributed by atoms with E-state index in [1.807, 2.05) is 0 Å². The maximum absolute atomic E-state index is 13.5. The fourth-order valence-corrected chi connectivity index (χ4v) is 2.37. The monoisotopic (exact) mass is 280 g/mol. The lowest BCUT2D eigenvalue weighted by Crippen LogP contribution is -2.32. The number of hydrogen-bond donors (Lipinski definition) is 3. The number of carbonyl (C=O) groups is 2. The summed E-state index contributed by atoms with van der Waals surface area (Å²) >= 11 is 0. The second kappa shape index (κ2) is 6.36. The van der Waals surface area contributed by atoms with Crippen LogP contribution in [-0.4, -0.2) is 23.7 Å². The predicted octanol–water partition coefficient (Wildman–Crippen LogP) is 2.84. The van der Waals surface area contributed by atoms with E-state index >= 15 is 0 Å². The van der Waals surface area contributed by atoms with Crippen LogP contribution in [0.15, 0.2) is 18.2 Å². The topological polar surface area (TPSA) is 78.4 Å². The molecule has 0 aromatic heterocycles. The number of urea groups is 1. The molecule has 0 atom stereocenters. The fraction of sp³-hybridized carbons (Fsp3) is 0.429. The molecule has 2 rings (SSSR count). The Bertz CT molecular complexity index is 513. The van der Waals surface area contributed by atoms with Crippen molar-refractivity contribution in [1.29, 1.82) is 0 Å². The van der Waals surface area contributed by atoms with Gasteiger partial charge in [-0.05, 0) is 37.0 Å². The third-order valence-electron chi connectivity index (χ3n) is 3.49. The van der Waals surface area contributed by atoms with Gasteiger partial charge in [0.2, 0.25) is 0 Å².